The molecule has 110 valence electrons. The Labute approximate surface area is 124 Å². The lowest BCUT2D eigenvalue weighted by Gasteiger charge is -2.34. The van der Waals surface area contributed by atoms with E-state index in [9.17, 15) is 10.1 Å². The Morgan fingerprint density at radius 2 is 2.05 bits per heavy atom. The van der Waals surface area contributed by atoms with Crippen molar-refractivity contribution in [3.05, 3.63) is 32.8 Å². The first-order valence-electron chi connectivity index (χ1n) is 7.09. The summed E-state index contributed by atoms with van der Waals surface area (Å²) in [4.78, 5) is 10.4. The molecule has 3 atom stereocenters. The number of nitro benzene ring substituents is 1. The summed E-state index contributed by atoms with van der Waals surface area (Å²) in [5.41, 5.74) is 1.75. The second-order valence-corrected chi connectivity index (χ2v) is 6.43. The lowest BCUT2D eigenvalue weighted by molar-refractivity contribution is -0.384. The molecule has 1 aliphatic carbocycles. The summed E-state index contributed by atoms with van der Waals surface area (Å²) in [6.07, 6.45) is 3.63. The summed E-state index contributed by atoms with van der Waals surface area (Å²) in [7, 11) is 0. The first-order chi connectivity index (χ1) is 9.38. The lowest BCUT2D eigenvalue weighted by atomic mass is 9.80. The van der Waals surface area contributed by atoms with E-state index in [4.69, 9.17) is 11.6 Å². The Hall–Kier alpha value is -1.29. The monoisotopic (exact) mass is 296 g/mol. The van der Waals surface area contributed by atoms with Crippen LogP contribution in [0.1, 0.15) is 38.7 Å². The van der Waals surface area contributed by atoms with Gasteiger partial charge in [0.25, 0.3) is 5.69 Å². The Morgan fingerprint density at radius 1 is 1.35 bits per heavy atom. The molecule has 1 fully saturated rings. The minimum Gasteiger partial charge on any atom is -0.382 e. The molecule has 5 heteroatoms. The van der Waals surface area contributed by atoms with Crippen LogP contribution in [0.15, 0.2) is 12.1 Å². The smallest absolute Gasteiger partial charge is 0.288 e. The van der Waals surface area contributed by atoms with Crippen molar-refractivity contribution < 1.29 is 4.92 Å². The first-order valence-corrected chi connectivity index (χ1v) is 7.47. The third-order valence-electron chi connectivity index (χ3n) is 4.29. The molecule has 0 amide bonds. The van der Waals surface area contributed by atoms with Gasteiger partial charge in [-0.3, -0.25) is 10.1 Å². The van der Waals surface area contributed by atoms with E-state index in [1.165, 1.54) is 12.8 Å². The summed E-state index contributed by atoms with van der Waals surface area (Å²) < 4.78 is 0. The van der Waals surface area contributed by atoms with Crippen LogP contribution in [0.25, 0.3) is 0 Å². The van der Waals surface area contributed by atoms with Crippen LogP contribution in [-0.4, -0.2) is 11.0 Å². The van der Waals surface area contributed by atoms with Crippen molar-refractivity contribution in [3.8, 4) is 0 Å². The quantitative estimate of drug-likeness (QED) is 0.644. The largest absolute Gasteiger partial charge is 0.382 e. The van der Waals surface area contributed by atoms with Gasteiger partial charge in [-0.05, 0) is 43.2 Å². The Morgan fingerprint density at radius 3 is 2.70 bits per heavy atom. The highest BCUT2D eigenvalue weighted by atomic mass is 35.5. The Bertz CT molecular complexity index is 519. The number of hydrogen-bond acceptors (Lipinski definition) is 3. The molecule has 0 aliphatic heterocycles. The van der Waals surface area contributed by atoms with Crippen molar-refractivity contribution in [1.82, 2.24) is 0 Å². The van der Waals surface area contributed by atoms with Crippen LogP contribution in [0.2, 0.25) is 5.02 Å². The number of rotatable bonds is 3. The Kier molecular flexibility index (Phi) is 4.53. The SMILES string of the molecule is Cc1cc([N+](=O)[O-])c(Cl)cc1NC1CC(C)CCC1C. The molecule has 4 nitrogen and oxygen atoms in total. The van der Waals surface area contributed by atoms with Crippen LogP contribution < -0.4 is 5.32 Å². The predicted octanol–water partition coefficient (Wildman–Crippen LogP) is 4.79. The zero-order valence-electron chi connectivity index (χ0n) is 12.1. The summed E-state index contributed by atoms with van der Waals surface area (Å²) in [6, 6.07) is 3.64. The van der Waals surface area contributed by atoms with Crippen molar-refractivity contribution in [2.75, 3.05) is 5.32 Å². The highest BCUT2D eigenvalue weighted by Crippen LogP contribution is 2.34. The number of nitrogens with zero attached hydrogens (tertiary/aromatic N) is 1. The van der Waals surface area contributed by atoms with E-state index in [1.807, 2.05) is 6.92 Å². The number of halogens is 1. The second kappa shape index (κ2) is 6.00. The highest BCUT2D eigenvalue weighted by molar-refractivity contribution is 6.33. The summed E-state index contributed by atoms with van der Waals surface area (Å²) >= 11 is 6.00. The molecule has 1 aliphatic rings. The van der Waals surface area contributed by atoms with Crippen LogP contribution in [0.3, 0.4) is 0 Å². The molecule has 0 bridgehead atoms. The van der Waals surface area contributed by atoms with Crippen molar-refractivity contribution >= 4 is 23.0 Å². The molecule has 3 unspecified atom stereocenters. The van der Waals surface area contributed by atoms with Gasteiger partial charge in [-0.25, -0.2) is 0 Å². The van der Waals surface area contributed by atoms with Gasteiger partial charge in [-0.2, -0.15) is 0 Å². The van der Waals surface area contributed by atoms with E-state index in [0.29, 0.717) is 12.0 Å². The highest BCUT2D eigenvalue weighted by Gasteiger charge is 2.26. The summed E-state index contributed by atoms with van der Waals surface area (Å²) in [6.45, 7) is 6.41. The molecule has 2 rings (SSSR count). The number of hydrogen-bond donors (Lipinski definition) is 1. The molecular weight excluding hydrogens is 276 g/mol. The normalized spacial score (nSPS) is 26.3. The Balaban J connectivity index is 2.21. The van der Waals surface area contributed by atoms with Gasteiger partial charge >= 0.3 is 0 Å². The number of nitro groups is 1. The topological polar surface area (TPSA) is 55.2 Å². The van der Waals surface area contributed by atoms with Gasteiger partial charge in [0.1, 0.15) is 5.02 Å². The first kappa shape index (κ1) is 15.1. The second-order valence-electron chi connectivity index (χ2n) is 6.02. The molecular formula is C15H21ClN2O2. The van der Waals surface area contributed by atoms with Crippen LogP contribution in [0.5, 0.6) is 0 Å². The molecule has 1 saturated carbocycles. The molecule has 0 heterocycles. The minimum atomic E-state index is -0.440. The standard InChI is InChI=1S/C15H21ClN2O2/c1-9-4-5-10(2)13(6-9)17-14-8-12(16)15(18(19)20)7-11(14)3/h7-10,13,17H,4-6H2,1-3H3. The molecule has 1 aromatic carbocycles. The van der Waals surface area contributed by atoms with Crippen LogP contribution >= 0.6 is 11.6 Å². The molecule has 20 heavy (non-hydrogen) atoms. The van der Waals surface area contributed by atoms with Crippen molar-refractivity contribution in [2.24, 2.45) is 11.8 Å². The van der Waals surface area contributed by atoms with Gasteiger partial charge in [0.05, 0.1) is 4.92 Å². The summed E-state index contributed by atoms with van der Waals surface area (Å²) in [5.74, 6) is 1.33. The van der Waals surface area contributed by atoms with Gasteiger partial charge in [-0.1, -0.05) is 31.9 Å². The third-order valence-corrected chi connectivity index (χ3v) is 4.59. The van der Waals surface area contributed by atoms with E-state index in [0.717, 1.165) is 23.6 Å². The number of benzene rings is 1. The average molecular weight is 297 g/mol. The van der Waals surface area contributed by atoms with E-state index < -0.39 is 4.92 Å². The molecule has 0 saturated heterocycles. The fourth-order valence-electron chi connectivity index (χ4n) is 2.89. The average Bonchev–Trinajstić information content (AvgIpc) is 2.37. The van der Waals surface area contributed by atoms with Gasteiger partial charge < -0.3 is 5.32 Å². The van der Waals surface area contributed by atoms with Gasteiger partial charge in [0, 0.05) is 17.8 Å². The van der Waals surface area contributed by atoms with Crippen molar-refractivity contribution in [2.45, 2.75) is 46.1 Å². The van der Waals surface area contributed by atoms with Crippen LogP contribution in [0.4, 0.5) is 11.4 Å². The number of aryl methyl sites for hydroxylation is 1. The van der Waals surface area contributed by atoms with Crippen LogP contribution in [0, 0.1) is 28.9 Å². The third kappa shape index (κ3) is 3.23. The maximum Gasteiger partial charge on any atom is 0.288 e. The minimum absolute atomic E-state index is 0.0280. The fraction of sp³-hybridized carbons (Fsp3) is 0.600. The van der Waals surface area contributed by atoms with E-state index in [2.05, 4.69) is 19.2 Å². The van der Waals surface area contributed by atoms with Gasteiger partial charge in [0.15, 0.2) is 0 Å². The summed E-state index contributed by atoms with van der Waals surface area (Å²) in [5, 5.41) is 14.6. The molecule has 0 aromatic heterocycles. The molecule has 0 radical (unpaired) electrons. The van der Waals surface area contributed by atoms with E-state index in [1.54, 1.807) is 12.1 Å². The zero-order valence-corrected chi connectivity index (χ0v) is 12.9. The van der Waals surface area contributed by atoms with Gasteiger partial charge in [-0.15, -0.1) is 0 Å². The van der Waals surface area contributed by atoms with Crippen molar-refractivity contribution in [1.29, 1.82) is 0 Å². The predicted molar refractivity (Wildman–Crippen MR) is 82.4 cm³/mol. The molecule has 1 aromatic rings. The van der Waals surface area contributed by atoms with Crippen molar-refractivity contribution in [3.63, 3.8) is 0 Å². The molecule has 0 spiro atoms. The van der Waals surface area contributed by atoms with E-state index in [-0.39, 0.29) is 10.7 Å². The number of nitrogens with one attached hydrogen (secondary N) is 1. The maximum atomic E-state index is 10.9. The van der Waals surface area contributed by atoms with Gasteiger partial charge in [0.2, 0.25) is 0 Å². The zero-order chi connectivity index (χ0) is 14.9. The molecule has 1 N–H and O–H groups in total. The van der Waals surface area contributed by atoms with Crippen LogP contribution in [-0.2, 0) is 0 Å². The lowest BCUT2D eigenvalue weighted by Crippen LogP contribution is -2.33. The van der Waals surface area contributed by atoms with E-state index >= 15 is 0 Å². The number of anilines is 1. The maximum absolute atomic E-state index is 10.9. The fourth-order valence-corrected chi connectivity index (χ4v) is 3.13.